The molecular formula is C19H16N2O3. The topological polar surface area (TPSA) is 85.4 Å². The van der Waals surface area contributed by atoms with Crippen molar-refractivity contribution >= 4 is 22.6 Å². The molecule has 0 unspecified atom stereocenters. The number of para-hydroxylation sites is 1. The molecule has 3 aromatic carbocycles. The van der Waals surface area contributed by atoms with Gasteiger partial charge in [0.2, 0.25) is 0 Å². The molecule has 5 heteroatoms. The largest absolute Gasteiger partial charge is 0.481 e. The van der Waals surface area contributed by atoms with Gasteiger partial charge >= 0.3 is 5.97 Å². The molecule has 24 heavy (non-hydrogen) atoms. The van der Waals surface area contributed by atoms with Crippen LogP contribution in [0.4, 0.5) is 0 Å². The molecule has 0 aliphatic carbocycles. The number of carbonyl (C=O) groups excluding carboxylic acids is 1. The maximum absolute atomic E-state index is 12.0. The monoisotopic (exact) mass is 320 g/mol. The summed E-state index contributed by atoms with van der Waals surface area (Å²) in [6, 6.07) is 20.1. The first-order valence-electron chi connectivity index (χ1n) is 7.39. The number of nitrogen functional groups attached to an aromatic ring is 1. The lowest BCUT2D eigenvalue weighted by atomic mass is 10.1. The predicted molar refractivity (Wildman–Crippen MR) is 92.5 cm³/mol. The zero-order valence-corrected chi connectivity index (χ0v) is 12.9. The Bertz CT molecular complexity index is 906. The Morgan fingerprint density at radius 1 is 0.958 bits per heavy atom. The number of hydrogen-bond acceptors (Lipinski definition) is 4. The number of carbonyl (C=O) groups is 1. The molecule has 0 aromatic heterocycles. The first kappa shape index (κ1) is 15.6. The Morgan fingerprint density at radius 2 is 1.67 bits per heavy atom. The third-order valence-corrected chi connectivity index (χ3v) is 3.48. The number of ether oxygens (including phenoxy) is 2. The number of nitrogens with two attached hydrogens (primary N) is 1. The van der Waals surface area contributed by atoms with Crippen LogP contribution in [0.3, 0.4) is 0 Å². The van der Waals surface area contributed by atoms with E-state index < -0.39 is 5.97 Å². The minimum absolute atomic E-state index is 0.117. The van der Waals surface area contributed by atoms with Crippen LogP contribution < -0.4 is 15.2 Å². The Labute approximate surface area is 139 Å². The molecular weight excluding hydrogens is 304 g/mol. The smallest absolute Gasteiger partial charge is 0.349 e. The van der Waals surface area contributed by atoms with E-state index in [1.165, 1.54) is 0 Å². The molecule has 0 saturated heterocycles. The summed E-state index contributed by atoms with van der Waals surface area (Å²) in [6.45, 7) is -0.267. The van der Waals surface area contributed by atoms with Crippen molar-refractivity contribution in [1.82, 2.24) is 0 Å². The zero-order valence-electron chi connectivity index (χ0n) is 12.9. The summed E-state index contributed by atoms with van der Waals surface area (Å²) in [4.78, 5) is 12.0. The van der Waals surface area contributed by atoms with Gasteiger partial charge in [0, 0.05) is 0 Å². The number of esters is 1. The first-order chi connectivity index (χ1) is 11.6. The Morgan fingerprint density at radius 3 is 2.46 bits per heavy atom. The zero-order chi connectivity index (χ0) is 16.9. The highest BCUT2D eigenvalue weighted by Crippen LogP contribution is 2.21. The Hall–Kier alpha value is -3.34. The van der Waals surface area contributed by atoms with Gasteiger partial charge in [-0.25, -0.2) is 4.79 Å². The van der Waals surface area contributed by atoms with Gasteiger partial charge < -0.3 is 15.2 Å². The number of hydrogen-bond donors (Lipinski definition) is 2. The summed E-state index contributed by atoms with van der Waals surface area (Å²) < 4.78 is 10.7. The van der Waals surface area contributed by atoms with Gasteiger partial charge in [0.15, 0.2) is 6.61 Å². The van der Waals surface area contributed by atoms with Crippen LogP contribution in [0, 0.1) is 5.41 Å². The van der Waals surface area contributed by atoms with E-state index >= 15 is 0 Å². The van der Waals surface area contributed by atoms with Gasteiger partial charge in [-0.15, -0.1) is 0 Å². The lowest BCUT2D eigenvalue weighted by Crippen LogP contribution is -2.19. The second kappa shape index (κ2) is 6.83. The van der Waals surface area contributed by atoms with Crippen LogP contribution in [0.5, 0.6) is 11.5 Å². The van der Waals surface area contributed by atoms with Crippen LogP contribution >= 0.6 is 0 Å². The van der Waals surface area contributed by atoms with E-state index in [1.54, 1.807) is 36.4 Å². The second-order valence-corrected chi connectivity index (χ2v) is 5.18. The molecule has 3 N–H and O–H groups in total. The van der Waals surface area contributed by atoms with E-state index in [4.69, 9.17) is 20.6 Å². The lowest BCUT2D eigenvalue weighted by Gasteiger charge is -2.10. The molecule has 0 atom stereocenters. The van der Waals surface area contributed by atoms with Crippen LogP contribution in [0.2, 0.25) is 0 Å². The summed E-state index contributed by atoms with van der Waals surface area (Å²) in [5, 5.41) is 9.56. The van der Waals surface area contributed by atoms with Crippen molar-refractivity contribution in [3.05, 3.63) is 72.3 Å². The van der Waals surface area contributed by atoms with Gasteiger partial charge in [0.1, 0.15) is 17.3 Å². The molecule has 0 saturated carbocycles. The summed E-state index contributed by atoms with van der Waals surface area (Å²) in [5.41, 5.74) is 5.93. The van der Waals surface area contributed by atoms with Crippen molar-refractivity contribution < 1.29 is 14.3 Å². The Balaban J connectivity index is 1.66. The van der Waals surface area contributed by atoms with Crippen LogP contribution in [0.15, 0.2) is 66.7 Å². The van der Waals surface area contributed by atoms with Crippen molar-refractivity contribution in [2.45, 2.75) is 0 Å². The fraction of sp³-hybridized carbons (Fsp3) is 0.0526. The molecule has 0 heterocycles. The van der Waals surface area contributed by atoms with Gasteiger partial charge in [0.25, 0.3) is 0 Å². The van der Waals surface area contributed by atoms with E-state index in [0.29, 0.717) is 17.1 Å². The third kappa shape index (κ3) is 3.52. The maximum Gasteiger partial charge on any atom is 0.349 e. The molecule has 3 rings (SSSR count). The summed E-state index contributed by atoms with van der Waals surface area (Å²) in [7, 11) is 0. The van der Waals surface area contributed by atoms with Crippen LogP contribution in [0.25, 0.3) is 10.8 Å². The van der Waals surface area contributed by atoms with E-state index in [9.17, 15) is 4.79 Å². The molecule has 5 nitrogen and oxygen atoms in total. The minimum atomic E-state index is -0.524. The molecule has 0 aliphatic heterocycles. The van der Waals surface area contributed by atoms with Crippen LogP contribution in [-0.4, -0.2) is 18.4 Å². The molecule has 0 radical (unpaired) electrons. The standard InChI is InChI=1S/C19H16N2O3/c20-19(21)16-7-3-4-8-17(16)23-12-18(22)24-15-10-9-13-5-1-2-6-14(13)11-15/h1-11H,12H2,(H3,20,21). The maximum atomic E-state index is 12.0. The number of benzene rings is 3. The molecule has 0 amide bonds. The molecule has 0 spiro atoms. The van der Waals surface area contributed by atoms with Gasteiger partial charge in [-0.3, -0.25) is 5.41 Å². The van der Waals surface area contributed by atoms with Crippen molar-refractivity contribution in [3.63, 3.8) is 0 Å². The van der Waals surface area contributed by atoms with Crippen LogP contribution in [-0.2, 0) is 4.79 Å². The molecule has 120 valence electrons. The fourth-order valence-electron chi connectivity index (χ4n) is 2.34. The van der Waals surface area contributed by atoms with E-state index in [0.717, 1.165) is 10.8 Å². The van der Waals surface area contributed by atoms with Crippen molar-refractivity contribution in [3.8, 4) is 11.5 Å². The average molecular weight is 320 g/mol. The minimum Gasteiger partial charge on any atom is -0.481 e. The number of rotatable bonds is 5. The molecule has 3 aromatic rings. The van der Waals surface area contributed by atoms with Gasteiger partial charge in [-0.2, -0.15) is 0 Å². The number of amidine groups is 1. The normalized spacial score (nSPS) is 10.3. The quantitative estimate of drug-likeness (QED) is 0.327. The highest BCUT2D eigenvalue weighted by atomic mass is 16.6. The SMILES string of the molecule is N=C(N)c1ccccc1OCC(=O)Oc1ccc2ccccc2c1. The number of fused-ring (bicyclic) bond motifs is 1. The lowest BCUT2D eigenvalue weighted by molar-refractivity contribution is -0.136. The number of nitrogens with one attached hydrogen (secondary N) is 1. The van der Waals surface area contributed by atoms with Gasteiger partial charge in [0.05, 0.1) is 5.56 Å². The highest BCUT2D eigenvalue weighted by Gasteiger charge is 2.10. The summed E-state index contributed by atoms with van der Waals surface area (Å²) in [5.74, 6) is 0.194. The third-order valence-electron chi connectivity index (χ3n) is 3.48. The highest BCUT2D eigenvalue weighted by molar-refractivity contribution is 5.97. The van der Waals surface area contributed by atoms with Crippen molar-refractivity contribution in [2.24, 2.45) is 5.73 Å². The predicted octanol–water partition coefficient (Wildman–Crippen LogP) is 3.11. The molecule has 0 bridgehead atoms. The van der Waals surface area contributed by atoms with Gasteiger partial charge in [-0.1, -0.05) is 42.5 Å². The van der Waals surface area contributed by atoms with Crippen LogP contribution in [0.1, 0.15) is 5.56 Å². The molecule has 0 aliphatic rings. The van der Waals surface area contributed by atoms with Gasteiger partial charge in [-0.05, 0) is 35.0 Å². The fourth-order valence-corrected chi connectivity index (χ4v) is 2.34. The van der Waals surface area contributed by atoms with Crippen molar-refractivity contribution in [2.75, 3.05) is 6.61 Å². The van der Waals surface area contributed by atoms with Crippen molar-refractivity contribution in [1.29, 1.82) is 5.41 Å². The first-order valence-corrected chi connectivity index (χ1v) is 7.39. The molecule has 0 fully saturated rings. The summed E-state index contributed by atoms with van der Waals surface area (Å²) in [6.07, 6.45) is 0. The Kier molecular flexibility index (Phi) is 4.43. The van der Waals surface area contributed by atoms with E-state index in [-0.39, 0.29) is 12.4 Å². The summed E-state index contributed by atoms with van der Waals surface area (Å²) >= 11 is 0. The average Bonchev–Trinajstić information content (AvgIpc) is 2.60. The van der Waals surface area contributed by atoms with E-state index in [2.05, 4.69) is 0 Å². The van der Waals surface area contributed by atoms with E-state index in [1.807, 2.05) is 30.3 Å². The second-order valence-electron chi connectivity index (χ2n) is 5.18.